The summed E-state index contributed by atoms with van der Waals surface area (Å²) in [5.41, 5.74) is -0.0210. The van der Waals surface area contributed by atoms with Gasteiger partial charge in [-0.3, -0.25) is 10.1 Å². The molecule has 0 radical (unpaired) electrons. The number of rotatable bonds is 3. The normalized spacial score (nSPS) is 25.1. The third kappa shape index (κ3) is 3.43. The van der Waals surface area contributed by atoms with Crippen molar-refractivity contribution in [2.45, 2.75) is 31.7 Å². The zero-order valence-electron chi connectivity index (χ0n) is 11.5. The second kappa shape index (κ2) is 6.28. The first-order chi connectivity index (χ1) is 10.2. The van der Waals surface area contributed by atoms with Crippen LogP contribution < -0.4 is 9.47 Å². The highest BCUT2D eigenvalue weighted by molar-refractivity contribution is 5.48. The Labute approximate surface area is 121 Å². The van der Waals surface area contributed by atoms with Gasteiger partial charge in [-0.05, 0) is 25.3 Å². The molecule has 1 fully saturated rings. The molecule has 3 rings (SSSR count). The van der Waals surface area contributed by atoms with E-state index in [1.54, 1.807) is 6.07 Å². The fraction of sp³-hybridized carbons (Fsp3) is 0.571. The molecular formula is C14H17NO6. The second-order valence-electron chi connectivity index (χ2n) is 5.06. The van der Waals surface area contributed by atoms with Crippen LogP contribution in [0.2, 0.25) is 0 Å². The van der Waals surface area contributed by atoms with E-state index in [9.17, 15) is 10.1 Å². The molecule has 2 heterocycles. The van der Waals surface area contributed by atoms with Crippen LogP contribution in [0.5, 0.6) is 11.5 Å². The van der Waals surface area contributed by atoms with Gasteiger partial charge in [-0.2, -0.15) is 0 Å². The predicted octanol–water partition coefficient (Wildman–Crippen LogP) is 2.28. The highest BCUT2D eigenvalue weighted by Gasteiger charge is 2.25. The Morgan fingerprint density at radius 2 is 2.00 bits per heavy atom. The van der Waals surface area contributed by atoms with Crippen molar-refractivity contribution in [2.24, 2.45) is 0 Å². The number of hydrogen-bond acceptors (Lipinski definition) is 6. The van der Waals surface area contributed by atoms with Crippen LogP contribution in [0.3, 0.4) is 0 Å². The van der Waals surface area contributed by atoms with Gasteiger partial charge >= 0.3 is 0 Å². The largest absolute Gasteiger partial charge is 0.487 e. The Kier molecular flexibility index (Phi) is 4.21. The molecule has 0 amide bonds. The lowest BCUT2D eigenvalue weighted by molar-refractivity contribution is -0.385. The van der Waals surface area contributed by atoms with Gasteiger partial charge < -0.3 is 18.9 Å². The minimum absolute atomic E-state index is 0.0210. The summed E-state index contributed by atoms with van der Waals surface area (Å²) in [4.78, 5) is 10.3. The summed E-state index contributed by atoms with van der Waals surface area (Å²) in [5.74, 6) is 0.871. The number of benzene rings is 1. The number of fused-ring (bicyclic) bond motifs is 1. The summed E-state index contributed by atoms with van der Waals surface area (Å²) in [7, 11) is 0. The number of nitrogens with zero attached hydrogens (tertiary/aromatic N) is 1. The quantitative estimate of drug-likeness (QED) is 0.628. The molecule has 114 valence electrons. The maximum atomic E-state index is 10.8. The topological polar surface area (TPSA) is 80.1 Å². The number of ether oxygens (including phenoxy) is 4. The van der Waals surface area contributed by atoms with E-state index >= 15 is 0 Å². The highest BCUT2D eigenvalue weighted by atomic mass is 16.7. The van der Waals surface area contributed by atoms with E-state index in [0.29, 0.717) is 24.7 Å². The van der Waals surface area contributed by atoms with Gasteiger partial charge in [0, 0.05) is 12.7 Å². The molecule has 0 N–H and O–H groups in total. The Morgan fingerprint density at radius 1 is 1.19 bits per heavy atom. The number of hydrogen-bond donors (Lipinski definition) is 0. The number of nitro benzene ring substituents is 1. The third-order valence-corrected chi connectivity index (χ3v) is 3.47. The number of nitro groups is 1. The third-order valence-electron chi connectivity index (χ3n) is 3.47. The van der Waals surface area contributed by atoms with Crippen LogP contribution >= 0.6 is 0 Å². The van der Waals surface area contributed by atoms with Gasteiger partial charge in [0.25, 0.3) is 5.69 Å². The average Bonchev–Trinajstić information content (AvgIpc) is 2.70. The van der Waals surface area contributed by atoms with E-state index in [4.69, 9.17) is 18.9 Å². The number of non-ortho nitro benzene ring substituents is 1. The van der Waals surface area contributed by atoms with Gasteiger partial charge in [0.05, 0.1) is 11.0 Å². The lowest BCUT2D eigenvalue weighted by atomic mass is 10.2. The van der Waals surface area contributed by atoms with Crippen molar-refractivity contribution in [1.29, 1.82) is 0 Å². The Morgan fingerprint density at radius 3 is 2.71 bits per heavy atom. The molecule has 0 saturated carbocycles. The first kappa shape index (κ1) is 14.1. The molecule has 7 heteroatoms. The Balaban J connectivity index is 1.63. The van der Waals surface area contributed by atoms with Crippen molar-refractivity contribution < 1.29 is 23.9 Å². The van der Waals surface area contributed by atoms with Gasteiger partial charge in [-0.15, -0.1) is 0 Å². The first-order valence-electron chi connectivity index (χ1n) is 7.03. The SMILES string of the molecule is O=[N+]([O-])c1ccc2c(c1)OCC(OC1CCCCO1)CO2. The molecule has 21 heavy (non-hydrogen) atoms. The molecule has 2 atom stereocenters. The van der Waals surface area contributed by atoms with E-state index in [1.165, 1.54) is 12.1 Å². The summed E-state index contributed by atoms with van der Waals surface area (Å²) in [6, 6.07) is 4.31. The summed E-state index contributed by atoms with van der Waals surface area (Å²) < 4.78 is 22.5. The van der Waals surface area contributed by atoms with Crippen molar-refractivity contribution in [3.63, 3.8) is 0 Å². The molecule has 0 spiro atoms. The molecule has 0 bridgehead atoms. The van der Waals surface area contributed by atoms with Crippen LogP contribution in [0.15, 0.2) is 18.2 Å². The van der Waals surface area contributed by atoms with Crippen LogP contribution in [0.4, 0.5) is 5.69 Å². The maximum Gasteiger partial charge on any atom is 0.273 e. The predicted molar refractivity (Wildman–Crippen MR) is 72.6 cm³/mol. The highest BCUT2D eigenvalue weighted by Crippen LogP contribution is 2.33. The van der Waals surface area contributed by atoms with Crippen molar-refractivity contribution in [1.82, 2.24) is 0 Å². The molecule has 0 aromatic heterocycles. The second-order valence-corrected chi connectivity index (χ2v) is 5.06. The maximum absolute atomic E-state index is 10.8. The van der Waals surface area contributed by atoms with E-state index in [2.05, 4.69) is 0 Å². The minimum Gasteiger partial charge on any atom is -0.487 e. The molecule has 7 nitrogen and oxygen atoms in total. The van der Waals surface area contributed by atoms with E-state index in [1.807, 2.05) is 0 Å². The molecule has 2 aliphatic rings. The van der Waals surface area contributed by atoms with Crippen LogP contribution in [-0.2, 0) is 9.47 Å². The van der Waals surface area contributed by atoms with Crippen LogP contribution in [-0.4, -0.2) is 37.1 Å². The first-order valence-corrected chi connectivity index (χ1v) is 7.03. The standard InChI is InChI=1S/C14H17NO6/c16-15(17)10-4-5-12-13(7-10)20-9-11(8-19-12)21-14-3-1-2-6-18-14/h4-5,7,11,14H,1-3,6,8-9H2. The lowest BCUT2D eigenvalue weighted by Crippen LogP contribution is -2.34. The van der Waals surface area contributed by atoms with E-state index < -0.39 is 4.92 Å². The lowest BCUT2D eigenvalue weighted by Gasteiger charge is -2.26. The zero-order chi connectivity index (χ0) is 14.7. The molecule has 1 saturated heterocycles. The summed E-state index contributed by atoms with van der Waals surface area (Å²) >= 11 is 0. The van der Waals surface area contributed by atoms with Crippen molar-refractivity contribution in [3.05, 3.63) is 28.3 Å². The fourth-order valence-electron chi connectivity index (χ4n) is 2.37. The Bertz CT molecular complexity index is 514. The molecular weight excluding hydrogens is 278 g/mol. The minimum atomic E-state index is -0.460. The van der Waals surface area contributed by atoms with Crippen molar-refractivity contribution in [3.8, 4) is 11.5 Å². The van der Waals surface area contributed by atoms with Gasteiger partial charge in [0.1, 0.15) is 19.3 Å². The van der Waals surface area contributed by atoms with Gasteiger partial charge in [0.15, 0.2) is 17.8 Å². The molecule has 0 aliphatic carbocycles. The smallest absolute Gasteiger partial charge is 0.273 e. The van der Waals surface area contributed by atoms with Gasteiger partial charge in [0.2, 0.25) is 0 Å². The Hall–Kier alpha value is -1.86. The van der Waals surface area contributed by atoms with E-state index in [-0.39, 0.29) is 24.7 Å². The summed E-state index contributed by atoms with van der Waals surface area (Å²) in [6.45, 7) is 1.34. The zero-order valence-corrected chi connectivity index (χ0v) is 11.5. The van der Waals surface area contributed by atoms with Gasteiger partial charge in [-0.25, -0.2) is 0 Å². The average molecular weight is 295 g/mol. The summed E-state index contributed by atoms with van der Waals surface area (Å²) in [6.07, 6.45) is 2.55. The van der Waals surface area contributed by atoms with Crippen molar-refractivity contribution >= 4 is 5.69 Å². The fourth-order valence-corrected chi connectivity index (χ4v) is 2.37. The molecule has 2 aliphatic heterocycles. The summed E-state index contributed by atoms with van der Waals surface area (Å²) in [5, 5.41) is 10.8. The van der Waals surface area contributed by atoms with Crippen LogP contribution in [0.25, 0.3) is 0 Å². The molecule has 1 aromatic rings. The van der Waals surface area contributed by atoms with Crippen LogP contribution in [0.1, 0.15) is 19.3 Å². The van der Waals surface area contributed by atoms with Crippen LogP contribution in [0, 0.1) is 10.1 Å². The van der Waals surface area contributed by atoms with E-state index in [0.717, 1.165) is 19.3 Å². The van der Waals surface area contributed by atoms with Gasteiger partial charge in [-0.1, -0.05) is 0 Å². The monoisotopic (exact) mass is 295 g/mol. The molecule has 2 unspecified atom stereocenters. The van der Waals surface area contributed by atoms with Crippen molar-refractivity contribution in [2.75, 3.05) is 19.8 Å². The molecule has 1 aromatic carbocycles.